The van der Waals surface area contributed by atoms with Gasteiger partial charge in [-0.2, -0.15) is 0 Å². The first-order valence-electron chi connectivity index (χ1n) is 9.19. The van der Waals surface area contributed by atoms with E-state index in [2.05, 4.69) is 4.74 Å². The topological polar surface area (TPSA) is 113 Å². The lowest BCUT2D eigenvalue weighted by atomic mass is 9.97. The third kappa shape index (κ3) is 3.31. The number of benzene rings is 2. The van der Waals surface area contributed by atoms with Gasteiger partial charge in [-0.05, 0) is 50.2 Å². The minimum Gasteiger partial charge on any atom is -0.507 e. The van der Waals surface area contributed by atoms with Crippen molar-refractivity contribution >= 4 is 29.1 Å². The van der Waals surface area contributed by atoms with Crippen LogP contribution in [-0.2, 0) is 19.1 Å². The molecule has 8 heteroatoms. The number of carbonyl (C=O) groups is 3. The number of Topliss-reactive ketones (excluding diaryl/α,β-unsaturated/α-hetero) is 1. The highest BCUT2D eigenvalue weighted by Gasteiger charge is 2.62. The van der Waals surface area contributed by atoms with E-state index in [4.69, 9.17) is 4.74 Å². The molecule has 0 spiro atoms. The number of nitrogens with zero attached hydrogens (tertiary/aromatic N) is 1. The van der Waals surface area contributed by atoms with Crippen molar-refractivity contribution in [3.8, 4) is 5.75 Å². The lowest BCUT2D eigenvalue weighted by Gasteiger charge is -2.31. The van der Waals surface area contributed by atoms with Gasteiger partial charge in [-0.15, -0.1) is 0 Å². The van der Waals surface area contributed by atoms with E-state index < -0.39 is 34.7 Å². The normalized spacial score (nSPS) is 20.3. The molecular weight excluding hydrogens is 390 g/mol. The fourth-order valence-corrected chi connectivity index (χ4v) is 3.25. The van der Waals surface area contributed by atoms with Gasteiger partial charge >= 0.3 is 11.9 Å². The van der Waals surface area contributed by atoms with Crippen molar-refractivity contribution in [3.05, 3.63) is 65.2 Å². The number of hydrogen-bond donors (Lipinski definition) is 2. The van der Waals surface area contributed by atoms with Gasteiger partial charge in [0.15, 0.2) is 0 Å². The Morgan fingerprint density at radius 3 is 2.20 bits per heavy atom. The Morgan fingerprint density at radius 2 is 1.67 bits per heavy atom. The fraction of sp³-hybridized carbons (Fsp3) is 0.227. The second kappa shape index (κ2) is 8.00. The number of aliphatic hydroxyl groups is 2. The van der Waals surface area contributed by atoms with Crippen molar-refractivity contribution in [1.82, 2.24) is 0 Å². The van der Waals surface area contributed by atoms with Crippen LogP contribution in [0.5, 0.6) is 5.75 Å². The van der Waals surface area contributed by atoms with Crippen molar-refractivity contribution in [1.29, 1.82) is 0 Å². The summed E-state index contributed by atoms with van der Waals surface area (Å²) in [5, 5.41) is 22.1. The van der Waals surface area contributed by atoms with E-state index >= 15 is 0 Å². The number of aryl methyl sites for hydroxylation is 1. The average Bonchev–Trinajstić information content (AvgIpc) is 2.95. The summed E-state index contributed by atoms with van der Waals surface area (Å²) in [5.41, 5.74) is -2.53. The van der Waals surface area contributed by atoms with Gasteiger partial charge in [0.1, 0.15) is 17.1 Å². The monoisotopic (exact) mass is 411 g/mol. The molecule has 30 heavy (non-hydrogen) atoms. The Kier molecular flexibility index (Phi) is 5.62. The van der Waals surface area contributed by atoms with Gasteiger partial charge in [-0.25, -0.2) is 4.79 Å². The van der Waals surface area contributed by atoms with Crippen LogP contribution in [0.3, 0.4) is 0 Å². The molecule has 2 N–H and O–H groups in total. The third-order valence-electron chi connectivity index (χ3n) is 4.73. The first-order chi connectivity index (χ1) is 14.2. The zero-order valence-corrected chi connectivity index (χ0v) is 16.7. The highest BCUT2D eigenvalue weighted by molar-refractivity contribution is 6.54. The largest absolute Gasteiger partial charge is 0.507 e. The lowest BCUT2D eigenvalue weighted by molar-refractivity contribution is -0.158. The van der Waals surface area contributed by atoms with Crippen LogP contribution >= 0.6 is 0 Å². The first kappa shape index (κ1) is 21.1. The lowest BCUT2D eigenvalue weighted by Crippen LogP contribution is -2.54. The number of carbonyl (C=O) groups excluding carboxylic acids is 3. The molecule has 1 aliphatic heterocycles. The molecule has 0 radical (unpaired) electrons. The average molecular weight is 411 g/mol. The number of hydrogen-bond acceptors (Lipinski definition) is 7. The molecule has 156 valence electrons. The number of amides is 1. The summed E-state index contributed by atoms with van der Waals surface area (Å²) in [6.07, 6.45) is 0. The Hall–Kier alpha value is -3.65. The molecule has 1 saturated heterocycles. The Balaban J connectivity index is 2.20. The maximum Gasteiger partial charge on any atom is 0.365 e. The molecule has 1 fully saturated rings. The summed E-state index contributed by atoms with van der Waals surface area (Å²) in [6.45, 7) is 4.07. The Morgan fingerprint density at radius 1 is 1.07 bits per heavy atom. The van der Waals surface area contributed by atoms with E-state index in [0.29, 0.717) is 17.3 Å². The van der Waals surface area contributed by atoms with Crippen LogP contribution in [0, 0.1) is 6.92 Å². The Labute approximate surface area is 173 Å². The van der Waals surface area contributed by atoms with Gasteiger partial charge in [-0.1, -0.05) is 17.7 Å². The van der Waals surface area contributed by atoms with Crippen LogP contribution in [0.15, 0.2) is 54.1 Å². The number of ether oxygens (including phenoxy) is 2. The zero-order valence-electron chi connectivity index (χ0n) is 16.7. The summed E-state index contributed by atoms with van der Waals surface area (Å²) in [7, 11) is 1.01. The molecule has 2 aromatic rings. The quantitative estimate of drug-likeness (QED) is 0.335. The molecule has 0 aliphatic carbocycles. The van der Waals surface area contributed by atoms with Crippen LogP contribution in [0.4, 0.5) is 5.69 Å². The molecule has 8 nitrogen and oxygen atoms in total. The predicted octanol–water partition coefficient (Wildman–Crippen LogP) is 2.14. The fourth-order valence-electron chi connectivity index (χ4n) is 3.25. The zero-order chi connectivity index (χ0) is 22.1. The highest BCUT2D eigenvalue weighted by atomic mass is 16.5. The van der Waals surface area contributed by atoms with E-state index in [1.807, 2.05) is 13.8 Å². The van der Waals surface area contributed by atoms with Crippen LogP contribution in [-0.4, -0.2) is 47.3 Å². The van der Waals surface area contributed by atoms with Crippen molar-refractivity contribution in [2.45, 2.75) is 19.6 Å². The van der Waals surface area contributed by atoms with E-state index in [1.54, 1.807) is 24.3 Å². The van der Waals surface area contributed by atoms with Crippen LogP contribution in [0.2, 0.25) is 0 Å². The minimum atomic E-state index is -2.83. The maximum absolute atomic E-state index is 12.8. The second-order valence-electron chi connectivity index (χ2n) is 6.65. The van der Waals surface area contributed by atoms with E-state index in [0.717, 1.165) is 12.7 Å². The van der Waals surface area contributed by atoms with Gasteiger partial charge in [0.05, 0.1) is 13.7 Å². The molecule has 3 rings (SSSR count). The van der Waals surface area contributed by atoms with Crippen LogP contribution in [0.25, 0.3) is 5.76 Å². The summed E-state index contributed by atoms with van der Waals surface area (Å²) in [4.78, 5) is 38.7. The van der Waals surface area contributed by atoms with Crippen molar-refractivity contribution < 1.29 is 34.1 Å². The predicted molar refractivity (Wildman–Crippen MR) is 108 cm³/mol. The number of anilines is 1. The molecule has 0 saturated carbocycles. The molecule has 1 atom stereocenters. The molecule has 0 aromatic heterocycles. The highest BCUT2D eigenvalue weighted by Crippen LogP contribution is 2.40. The summed E-state index contributed by atoms with van der Waals surface area (Å²) in [6, 6.07) is 12.2. The Bertz CT molecular complexity index is 1020. The van der Waals surface area contributed by atoms with Gasteiger partial charge in [0, 0.05) is 11.3 Å². The summed E-state index contributed by atoms with van der Waals surface area (Å²) in [5.74, 6) is -3.85. The SMILES string of the molecule is CCOc1ccc(/C(O)=C2\C(=O)C(=O)N(c3ccc(C)cc3)[C@]2(O)C(=O)OC)cc1. The number of rotatable bonds is 5. The van der Waals surface area contributed by atoms with Crippen LogP contribution < -0.4 is 9.64 Å². The number of esters is 1. The van der Waals surface area contributed by atoms with Crippen molar-refractivity contribution in [2.24, 2.45) is 0 Å². The molecule has 2 aromatic carbocycles. The van der Waals surface area contributed by atoms with Gasteiger partial charge in [-0.3, -0.25) is 14.5 Å². The minimum absolute atomic E-state index is 0.0985. The first-order valence-corrected chi connectivity index (χ1v) is 9.19. The van der Waals surface area contributed by atoms with E-state index in [1.165, 1.54) is 24.3 Å². The third-order valence-corrected chi connectivity index (χ3v) is 4.73. The molecule has 0 bridgehead atoms. The van der Waals surface area contributed by atoms with E-state index in [9.17, 15) is 24.6 Å². The molecule has 1 heterocycles. The van der Waals surface area contributed by atoms with Crippen LogP contribution in [0.1, 0.15) is 18.1 Å². The van der Waals surface area contributed by atoms with Crippen molar-refractivity contribution in [2.75, 3.05) is 18.6 Å². The van der Waals surface area contributed by atoms with Gasteiger partial charge < -0.3 is 19.7 Å². The molecule has 1 amide bonds. The van der Waals surface area contributed by atoms with Gasteiger partial charge in [0.25, 0.3) is 11.5 Å². The molecule has 0 unspecified atom stereocenters. The summed E-state index contributed by atoms with van der Waals surface area (Å²) >= 11 is 0. The number of ketones is 1. The molecular formula is C22H21NO7. The maximum atomic E-state index is 12.8. The molecule has 1 aliphatic rings. The van der Waals surface area contributed by atoms with E-state index in [-0.39, 0.29) is 11.3 Å². The van der Waals surface area contributed by atoms with Crippen molar-refractivity contribution in [3.63, 3.8) is 0 Å². The number of methoxy groups -OCH3 is 1. The number of aliphatic hydroxyl groups excluding tert-OH is 1. The smallest absolute Gasteiger partial charge is 0.365 e. The standard InChI is InChI=1S/C22H21NO7/c1-4-30-16-11-7-14(8-12-16)18(24)17-19(25)20(26)23(22(17,28)21(27)29-3)15-9-5-13(2)6-10-15/h5-12,24,28H,4H2,1-3H3/b18-17-/t22-/m1/s1. The second-order valence-corrected chi connectivity index (χ2v) is 6.65. The summed E-state index contributed by atoms with van der Waals surface area (Å²) < 4.78 is 10.0. The van der Waals surface area contributed by atoms with Gasteiger partial charge in [0.2, 0.25) is 0 Å².